The number of alkyl halides is 3. The molecule has 0 fully saturated rings. The predicted molar refractivity (Wildman–Crippen MR) is 46.7 cm³/mol. The Bertz CT molecular complexity index is 346. The second kappa shape index (κ2) is 4.18. The lowest BCUT2D eigenvalue weighted by molar-refractivity contribution is -0.137. The molecule has 1 N–H and O–H groups in total. The van der Waals surface area contributed by atoms with Crippen LogP contribution < -0.4 is 0 Å². The molecule has 84 valence electrons. The molecule has 0 spiro atoms. The molecule has 1 aromatic carbocycles. The molecule has 0 aromatic heterocycles. The molecule has 1 rings (SSSR count). The van der Waals surface area contributed by atoms with Crippen molar-refractivity contribution < 1.29 is 22.7 Å². The summed E-state index contributed by atoms with van der Waals surface area (Å²) in [6.45, 7) is 1.56. The van der Waals surface area contributed by atoms with Gasteiger partial charge in [0.25, 0.3) is 0 Å². The molecule has 0 unspecified atom stereocenters. The minimum Gasteiger partial charge on any atom is -0.388 e. The van der Waals surface area contributed by atoms with Gasteiger partial charge in [-0.15, -0.1) is 0 Å². The van der Waals surface area contributed by atoms with Crippen LogP contribution in [-0.2, 0) is 6.18 Å². The second-order valence-corrected chi connectivity index (χ2v) is 3.16. The average Bonchev–Trinajstić information content (AvgIpc) is 2.15. The Labute approximate surface area is 84.3 Å². The van der Waals surface area contributed by atoms with Crippen LogP contribution in [-0.4, -0.2) is 5.11 Å². The van der Waals surface area contributed by atoms with E-state index < -0.39 is 23.7 Å². The summed E-state index contributed by atoms with van der Waals surface area (Å²) in [5, 5.41) is 9.29. The molecular formula is C10H10F4O. The largest absolute Gasteiger partial charge is 0.416 e. The van der Waals surface area contributed by atoms with Crippen molar-refractivity contribution in [3.63, 3.8) is 0 Å². The van der Waals surface area contributed by atoms with E-state index in [0.29, 0.717) is 12.1 Å². The van der Waals surface area contributed by atoms with E-state index >= 15 is 0 Å². The molecule has 1 atom stereocenters. The lowest BCUT2D eigenvalue weighted by atomic mass is 10.0. The van der Waals surface area contributed by atoms with Crippen molar-refractivity contribution in [1.82, 2.24) is 0 Å². The normalized spacial score (nSPS) is 14.0. The molecule has 0 aliphatic carbocycles. The van der Waals surface area contributed by atoms with E-state index in [1.165, 1.54) is 0 Å². The summed E-state index contributed by atoms with van der Waals surface area (Å²) in [5.41, 5.74) is -1.27. The van der Waals surface area contributed by atoms with Gasteiger partial charge in [0.1, 0.15) is 5.82 Å². The molecule has 5 heteroatoms. The summed E-state index contributed by atoms with van der Waals surface area (Å²) >= 11 is 0. The van der Waals surface area contributed by atoms with Gasteiger partial charge in [-0.1, -0.05) is 6.92 Å². The van der Waals surface area contributed by atoms with Gasteiger partial charge in [-0.2, -0.15) is 13.2 Å². The van der Waals surface area contributed by atoms with Crippen LogP contribution in [0.3, 0.4) is 0 Å². The Morgan fingerprint density at radius 1 is 1.33 bits per heavy atom. The van der Waals surface area contributed by atoms with E-state index in [2.05, 4.69) is 0 Å². The molecule has 0 aliphatic rings. The summed E-state index contributed by atoms with van der Waals surface area (Å²) in [6.07, 6.45) is -5.55. The van der Waals surface area contributed by atoms with Crippen LogP contribution >= 0.6 is 0 Å². The number of aliphatic hydroxyl groups is 1. The SMILES string of the molecule is CC[C@@H](O)c1cc(C(F)(F)F)ccc1F. The van der Waals surface area contributed by atoms with Crippen LogP contribution in [0.1, 0.15) is 30.6 Å². The highest BCUT2D eigenvalue weighted by atomic mass is 19.4. The zero-order valence-corrected chi connectivity index (χ0v) is 7.98. The van der Waals surface area contributed by atoms with E-state index in [1.807, 2.05) is 0 Å². The van der Waals surface area contributed by atoms with Crippen LogP contribution in [0.25, 0.3) is 0 Å². The van der Waals surface area contributed by atoms with E-state index in [9.17, 15) is 22.7 Å². The van der Waals surface area contributed by atoms with Crippen LogP contribution in [0.2, 0.25) is 0 Å². The van der Waals surface area contributed by atoms with Crippen molar-refractivity contribution in [3.05, 3.63) is 35.1 Å². The summed E-state index contributed by atoms with van der Waals surface area (Å²) in [5.74, 6) is -0.822. The van der Waals surface area contributed by atoms with Gasteiger partial charge in [0.2, 0.25) is 0 Å². The van der Waals surface area contributed by atoms with Crippen molar-refractivity contribution in [1.29, 1.82) is 0 Å². The first-order valence-corrected chi connectivity index (χ1v) is 4.41. The van der Waals surface area contributed by atoms with Crippen molar-refractivity contribution in [3.8, 4) is 0 Å². The lowest BCUT2D eigenvalue weighted by Gasteiger charge is -2.12. The van der Waals surface area contributed by atoms with E-state index in [0.717, 1.165) is 6.07 Å². The maximum atomic E-state index is 13.1. The summed E-state index contributed by atoms with van der Waals surface area (Å²) < 4.78 is 49.9. The van der Waals surface area contributed by atoms with Gasteiger partial charge in [0.05, 0.1) is 11.7 Å². The van der Waals surface area contributed by atoms with Crippen LogP contribution in [0.15, 0.2) is 18.2 Å². The predicted octanol–water partition coefficient (Wildman–Crippen LogP) is 3.29. The van der Waals surface area contributed by atoms with Crippen molar-refractivity contribution >= 4 is 0 Å². The van der Waals surface area contributed by atoms with Gasteiger partial charge in [-0.25, -0.2) is 4.39 Å². The monoisotopic (exact) mass is 222 g/mol. The zero-order valence-electron chi connectivity index (χ0n) is 7.98. The van der Waals surface area contributed by atoms with Gasteiger partial charge >= 0.3 is 6.18 Å². The molecule has 0 amide bonds. The topological polar surface area (TPSA) is 20.2 Å². The van der Waals surface area contributed by atoms with Crippen LogP contribution in [0, 0.1) is 5.82 Å². The summed E-state index contributed by atoms with van der Waals surface area (Å²) in [7, 11) is 0. The number of hydrogen-bond donors (Lipinski definition) is 1. The molecule has 0 heterocycles. The molecule has 0 bridgehead atoms. The molecule has 1 nitrogen and oxygen atoms in total. The van der Waals surface area contributed by atoms with Crippen molar-refractivity contribution in [2.24, 2.45) is 0 Å². The van der Waals surface area contributed by atoms with Gasteiger partial charge in [-0.3, -0.25) is 0 Å². The first kappa shape index (κ1) is 12.0. The smallest absolute Gasteiger partial charge is 0.388 e. The minimum atomic E-state index is -4.52. The molecule has 0 radical (unpaired) electrons. The number of aliphatic hydroxyl groups excluding tert-OH is 1. The summed E-state index contributed by atoms with van der Waals surface area (Å²) in [6, 6.07) is 2.02. The highest BCUT2D eigenvalue weighted by Gasteiger charge is 2.31. The van der Waals surface area contributed by atoms with Crippen LogP contribution in [0.5, 0.6) is 0 Å². The maximum absolute atomic E-state index is 13.1. The maximum Gasteiger partial charge on any atom is 0.416 e. The van der Waals surface area contributed by atoms with Gasteiger partial charge in [0, 0.05) is 5.56 Å². The first-order chi connectivity index (χ1) is 6.86. The Morgan fingerprint density at radius 3 is 2.40 bits per heavy atom. The first-order valence-electron chi connectivity index (χ1n) is 4.41. The molecule has 15 heavy (non-hydrogen) atoms. The van der Waals surface area contributed by atoms with Gasteiger partial charge in [-0.05, 0) is 24.6 Å². The lowest BCUT2D eigenvalue weighted by Crippen LogP contribution is -2.08. The third-order valence-corrected chi connectivity index (χ3v) is 2.07. The Hall–Kier alpha value is -1.10. The number of hydrogen-bond acceptors (Lipinski definition) is 1. The standard InChI is InChI=1S/C10H10F4O/c1-2-9(15)7-5-6(10(12,13)14)3-4-8(7)11/h3-5,9,15H,2H2,1H3/t9-/m1/s1. The third kappa shape index (κ3) is 2.68. The molecule has 0 saturated carbocycles. The van der Waals surface area contributed by atoms with Crippen molar-refractivity contribution in [2.75, 3.05) is 0 Å². The highest BCUT2D eigenvalue weighted by Crippen LogP contribution is 2.32. The molecule has 0 saturated heterocycles. The molecule has 1 aromatic rings. The molecular weight excluding hydrogens is 212 g/mol. The summed E-state index contributed by atoms with van der Waals surface area (Å²) in [4.78, 5) is 0. The highest BCUT2D eigenvalue weighted by molar-refractivity contribution is 5.28. The number of rotatable bonds is 2. The van der Waals surface area contributed by atoms with Crippen LogP contribution in [0.4, 0.5) is 17.6 Å². The van der Waals surface area contributed by atoms with E-state index in [4.69, 9.17) is 0 Å². The second-order valence-electron chi connectivity index (χ2n) is 3.16. The minimum absolute atomic E-state index is 0.165. The van der Waals surface area contributed by atoms with Gasteiger partial charge in [0.15, 0.2) is 0 Å². The van der Waals surface area contributed by atoms with Crippen molar-refractivity contribution in [2.45, 2.75) is 25.6 Å². The van der Waals surface area contributed by atoms with E-state index in [-0.39, 0.29) is 12.0 Å². The quantitative estimate of drug-likeness (QED) is 0.761. The Kier molecular flexibility index (Phi) is 3.34. The fraction of sp³-hybridized carbons (Fsp3) is 0.400. The van der Waals surface area contributed by atoms with Gasteiger partial charge < -0.3 is 5.11 Å². The number of halogens is 4. The van der Waals surface area contributed by atoms with E-state index in [1.54, 1.807) is 6.92 Å². The fourth-order valence-corrected chi connectivity index (χ4v) is 1.20. The average molecular weight is 222 g/mol. The zero-order chi connectivity index (χ0) is 11.6. The number of benzene rings is 1. The third-order valence-electron chi connectivity index (χ3n) is 2.07. The fourth-order valence-electron chi connectivity index (χ4n) is 1.20. The Morgan fingerprint density at radius 2 is 1.93 bits per heavy atom. The Balaban J connectivity index is 3.17. The molecule has 0 aliphatic heterocycles.